The molecule has 1 aromatic rings. The van der Waals surface area contributed by atoms with Crippen LogP contribution in [0.25, 0.3) is 0 Å². The van der Waals surface area contributed by atoms with Crippen LogP contribution in [0.2, 0.25) is 5.02 Å². The molecule has 1 aromatic carbocycles. The molecule has 0 aromatic heterocycles. The summed E-state index contributed by atoms with van der Waals surface area (Å²) in [5.74, 6) is -1.36. The van der Waals surface area contributed by atoms with Gasteiger partial charge in [0.2, 0.25) is 5.91 Å². The molecule has 0 heterocycles. The number of aromatic carboxylic acids is 1. The first-order valence-electron chi connectivity index (χ1n) is 6.10. The Hall–Kier alpha value is -1.59. The van der Waals surface area contributed by atoms with Crippen molar-refractivity contribution < 1.29 is 14.7 Å². The van der Waals surface area contributed by atoms with E-state index in [-0.39, 0.29) is 16.5 Å². The van der Waals surface area contributed by atoms with Gasteiger partial charge in [0.05, 0.1) is 21.7 Å². The lowest BCUT2D eigenvalue weighted by Gasteiger charge is -2.36. The number of amides is 1. The highest BCUT2D eigenvalue weighted by molar-refractivity contribution is 6.34. The Bertz CT molecular complexity index is 548. The zero-order chi connectivity index (χ0) is 15.7. The molecule has 0 radical (unpaired) electrons. The third kappa shape index (κ3) is 3.29. The van der Waals surface area contributed by atoms with Crippen molar-refractivity contribution >= 4 is 29.2 Å². The van der Waals surface area contributed by atoms with Gasteiger partial charge in [-0.15, -0.1) is 0 Å². The van der Waals surface area contributed by atoms with Crippen molar-refractivity contribution in [2.75, 3.05) is 5.32 Å². The van der Waals surface area contributed by atoms with Gasteiger partial charge in [-0.3, -0.25) is 4.79 Å². The molecule has 0 atom stereocenters. The van der Waals surface area contributed by atoms with E-state index in [1.165, 1.54) is 18.2 Å². The molecule has 110 valence electrons. The molecule has 0 unspecified atom stereocenters. The van der Waals surface area contributed by atoms with Crippen LogP contribution in [0.5, 0.6) is 0 Å². The molecular formula is C14H19ClN2O3. The number of carbonyl (C=O) groups is 2. The smallest absolute Gasteiger partial charge is 0.335 e. The lowest BCUT2D eigenvalue weighted by Crippen LogP contribution is -2.53. The molecular weight excluding hydrogens is 280 g/mol. The summed E-state index contributed by atoms with van der Waals surface area (Å²) in [5.41, 5.74) is 4.88. The predicted octanol–water partition coefficient (Wildman–Crippen LogP) is 2.74. The topological polar surface area (TPSA) is 92.4 Å². The fraction of sp³-hybridized carbons (Fsp3) is 0.429. The molecule has 0 aliphatic carbocycles. The Kier molecular flexibility index (Phi) is 4.46. The Morgan fingerprint density at radius 1 is 1.25 bits per heavy atom. The van der Waals surface area contributed by atoms with Crippen LogP contribution in [-0.2, 0) is 4.79 Å². The van der Waals surface area contributed by atoms with Crippen LogP contribution in [0.15, 0.2) is 18.2 Å². The molecule has 0 bridgehead atoms. The summed E-state index contributed by atoms with van der Waals surface area (Å²) < 4.78 is 0. The number of halogens is 1. The van der Waals surface area contributed by atoms with Crippen LogP contribution in [-0.4, -0.2) is 22.5 Å². The van der Waals surface area contributed by atoms with E-state index < -0.39 is 16.9 Å². The van der Waals surface area contributed by atoms with Gasteiger partial charge in [0.1, 0.15) is 0 Å². The largest absolute Gasteiger partial charge is 0.478 e. The molecule has 1 rings (SSSR count). The molecule has 0 fully saturated rings. The summed E-state index contributed by atoms with van der Waals surface area (Å²) in [5, 5.41) is 11.7. The SMILES string of the molecule is CC(C)(N)C(C)(C)C(=O)Nc1ccc(C(=O)O)cc1Cl. The average Bonchev–Trinajstić information content (AvgIpc) is 2.29. The molecule has 0 aliphatic rings. The van der Waals surface area contributed by atoms with Crippen LogP contribution in [0.3, 0.4) is 0 Å². The Morgan fingerprint density at radius 3 is 2.20 bits per heavy atom. The van der Waals surface area contributed by atoms with Crippen molar-refractivity contribution in [1.29, 1.82) is 0 Å². The fourth-order valence-electron chi connectivity index (χ4n) is 1.32. The number of carboxylic acid groups (broad SMARTS) is 1. The highest BCUT2D eigenvalue weighted by Crippen LogP contribution is 2.31. The maximum absolute atomic E-state index is 12.3. The summed E-state index contributed by atoms with van der Waals surface area (Å²) in [6.45, 7) is 7.01. The zero-order valence-electron chi connectivity index (χ0n) is 12.0. The second kappa shape index (κ2) is 5.42. The summed E-state index contributed by atoms with van der Waals surface area (Å²) in [4.78, 5) is 23.1. The molecule has 0 saturated carbocycles. The standard InChI is InChI=1S/C14H19ClN2O3/c1-13(2,14(3,4)16)12(20)17-10-6-5-8(11(18)19)7-9(10)15/h5-7H,16H2,1-4H3,(H,17,20)(H,18,19). The van der Waals surface area contributed by atoms with E-state index in [0.717, 1.165) is 0 Å². The number of nitrogens with one attached hydrogen (secondary N) is 1. The van der Waals surface area contributed by atoms with Crippen LogP contribution >= 0.6 is 11.6 Å². The molecule has 0 saturated heterocycles. The second-order valence-electron chi connectivity index (χ2n) is 5.80. The number of carboxylic acids is 1. The van der Waals surface area contributed by atoms with Gasteiger partial charge in [0, 0.05) is 5.54 Å². The molecule has 1 amide bonds. The molecule has 20 heavy (non-hydrogen) atoms. The second-order valence-corrected chi connectivity index (χ2v) is 6.21. The van der Waals surface area contributed by atoms with Gasteiger partial charge in [-0.1, -0.05) is 11.6 Å². The van der Waals surface area contributed by atoms with E-state index in [9.17, 15) is 9.59 Å². The maximum atomic E-state index is 12.3. The Balaban J connectivity index is 3.00. The number of hydrogen-bond donors (Lipinski definition) is 3. The zero-order valence-corrected chi connectivity index (χ0v) is 12.7. The molecule has 5 nitrogen and oxygen atoms in total. The Labute approximate surface area is 123 Å². The van der Waals surface area contributed by atoms with Crippen molar-refractivity contribution in [3.05, 3.63) is 28.8 Å². The van der Waals surface area contributed by atoms with Gasteiger partial charge in [-0.25, -0.2) is 4.79 Å². The fourth-order valence-corrected chi connectivity index (χ4v) is 1.55. The number of hydrogen-bond acceptors (Lipinski definition) is 3. The quantitative estimate of drug-likeness (QED) is 0.797. The minimum absolute atomic E-state index is 0.0615. The number of nitrogens with two attached hydrogens (primary N) is 1. The molecule has 6 heteroatoms. The molecule has 0 aliphatic heterocycles. The van der Waals surface area contributed by atoms with E-state index in [4.69, 9.17) is 22.4 Å². The lowest BCUT2D eigenvalue weighted by molar-refractivity contribution is -0.126. The first kappa shape index (κ1) is 16.5. The Morgan fingerprint density at radius 2 is 1.80 bits per heavy atom. The number of carbonyl (C=O) groups excluding carboxylic acids is 1. The number of rotatable bonds is 4. The first-order chi connectivity index (χ1) is 8.96. The summed E-state index contributed by atoms with van der Waals surface area (Å²) in [6.07, 6.45) is 0. The van der Waals surface area contributed by atoms with Crippen LogP contribution in [0, 0.1) is 5.41 Å². The van der Waals surface area contributed by atoms with Gasteiger partial charge in [-0.05, 0) is 45.9 Å². The van der Waals surface area contributed by atoms with Gasteiger partial charge in [0.15, 0.2) is 0 Å². The van der Waals surface area contributed by atoms with Crippen molar-refractivity contribution in [2.45, 2.75) is 33.2 Å². The average molecular weight is 299 g/mol. The van der Waals surface area contributed by atoms with Crippen LogP contribution in [0.1, 0.15) is 38.1 Å². The van der Waals surface area contributed by atoms with E-state index in [2.05, 4.69) is 5.32 Å². The predicted molar refractivity (Wildman–Crippen MR) is 79.1 cm³/mol. The normalized spacial score (nSPS) is 12.1. The highest BCUT2D eigenvalue weighted by Gasteiger charge is 2.40. The lowest BCUT2D eigenvalue weighted by atomic mass is 9.74. The van der Waals surface area contributed by atoms with E-state index in [1.807, 2.05) is 0 Å². The molecule has 4 N–H and O–H groups in total. The monoisotopic (exact) mass is 298 g/mol. The van der Waals surface area contributed by atoms with Crippen molar-refractivity contribution in [3.63, 3.8) is 0 Å². The van der Waals surface area contributed by atoms with Crippen molar-refractivity contribution in [2.24, 2.45) is 11.1 Å². The minimum Gasteiger partial charge on any atom is -0.478 e. The number of anilines is 1. The van der Waals surface area contributed by atoms with Gasteiger partial charge >= 0.3 is 5.97 Å². The van der Waals surface area contributed by atoms with Gasteiger partial charge in [0.25, 0.3) is 0 Å². The minimum atomic E-state index is -1.08. The third-order valence-corrected chi connectivity index (χ3v) is 3.96. The van der Waals surface area contributed by atoms with E-state index >= 15 is 0 Å². The summed E-state index contributed by atoms with van der Waals surface area (Å²) in [6, 6.07) is 4.13. The van der Waals surface area contributed by atoms with Gasteiger partial charge < -0.3 is 16.2 Å². The third-order valence-electron chi connectivity index (χ3n) is 3.64. The van der Waals surface area contributed by atoms with E-state index in [1.54, 1.807) is 27.7 Å². The van der Waals surface area contributed by atoms with Crippen LogP contribution in [0.4, 0.5) is 5.69 Å². The number of benzene rings is 1. The maximum Gasteiger partial charge on any atom is 0.335 e. The van der Waals surface area contributed by atoms with Crippen molar-refractivity contribution in [1.82, 2.24) is 0 Å². The van der Waals surface area contributed by atoms with Crippen molar-refractivity contribution in [3.8, 4) is 0 Å². The highest BCUT2D eigenvalue weighted by atomic mass is 35.5. The summed E-state index contributed by atoms with van der Waals surface area (Å²) in [7, 11) is 0. The summed E-state index contributed by atoms with van der Waals surface area (Å²) >= 11 is 5.97. The van der Waals surface area contributed by atoms with Gasteiger partial charge in [-0.2, -0.15) is 0 Å². The first-order valence-corrected chi connectivity index (χ1v) is 6.48. The molecule has 0 spiro atoms. The van der Waals surface area contributed by atoms with E-state index in [0.29, 0.717) is 5.69 Å². The van der Waals surface area contributed by atoms with Crippen LogP contribution < -0.4 is 11.1 Å².